The Bertz CT molecular complexity index is 1360. The van der Waals surface area contributed by atoms with E-state index < -0.39 is 33.9 Å². The molecule has 2 aromatic carbocycles. The van der Waals surface area contributed by atoms with Gasteiger partial charge in [-0.2, -0.15) is 4.31 Å². The molecule has 1 heterocycles. The van der Waals surface area contributed by atoms with E-state index in [9.17, 15) is 18.0 Å². The quantitative estimate of drug-likeness (QED) is 0.311. The van der Waals surface area contributed by atoms with Crippen LogP contribution in [0.3, 0.4) is 0 Å². The fraction of sp³-hybridized carbons (Fsp3) is 0.500. The van der Waals surface area contributed by atoms with Gasteiger partial charge in [0, 0.05) is 29.0 Å². The van der Waals surface area contributed by atoms with Crippen molar-refractivity contribution in [3.63, 3.8) is 0 Å². The van der Waals surface area contributed by atoms with Crippen molar-refractivity contribution in [1.82, 2.24) is 4.31 Å². The van der Waals surface area contributed by atoms with Gasteiger partial charge < -0.3 is 5.73 Å². The summed E-state index contributed by atoms with van der Waals surface area (Å²) in [6.45, 7) is 14.1. The van der Waals surface area contributed by atoms with E-state index in [1.807, 2.05) is 26.8 Å². The molecule has 218 valence electrons. The van der Waals surface area contributed by atoms with Crippen LogP contribution in [0.5, 0.6) is 0 Å². The smallest absolute Gasteiger partial charge is 0.244 e. The maximum Gasteiger partial charge on any atom is 0.244 e. The van der Waals surface area contributed by atoms with Crippen LogP contribution in [0.4, 0.5) is 0 Å². The molecule has 0 saturated heterocycles. The Morgan fingerprint density at radius 3 is 2.15 bits per heavy atom. The highest BCUT2D eigenvalue weighted by Crippen LogP contribution is 2.46. The maximum absolute atomic E-state index is 14.5. The molecule has 0 radical (unpaired) electrons. The number of primary amides is 1. The summed E-state index contributed by atoms with van der Waals surface area (Å²) < 4.78 is 30.5. The lowest BCUT2D eigenvalue weighted by atomic mass is 9.82. The molecule has 0 aliphatic carbocycles. The molecule has 1 aliphatic rings. The first-order valence-electron chi connectivity index (χ1n) is 13.9. The number of ketones is 1. The van der Waals surface area contributed by atoms with Gasteiger partial charge in [0.15, 0.2) is 5.78 Å². The lowest BCUT2D eigenvalue weighted by Crippen LogP contribution is -2.43. The van der Waals surface area contributed by atoms with Crippen LogP contribution in [-0.4, -0.2) is 30.5 Å². The molecule has 2 N–H and O–H groups in total. The molecule has 1 amide bonds. The Balaban J connectivity index is 2.23. The van der Waals surface area contributed by atoms with Crippen molar-refractivity contribution < 1.29 is 18.0 Å². The van der Waals surface area contributed by atoms with Crippen LogP contribution in [0.15, 0.2) is 65.1 Å². The summed E-state index contributed by atoms with van der Waals surface area (Å²) >= 11 is 6.20. The van der Waals surface area contributed by atoms with Crippen LogP contribution in [0.1, 0.15) is 78.0 Å². The molecule has 2 aromatic rings. The average Bonchev–Trinajstić information content (AvgIpc) is 3.25. The third kappa shape index (κ3) is 7.42. The summed E-state index contributed by atoms with van der Waals surface area (Å²) in [5, 5.41) is 0.510. The Hall–Kier alpha value is -2.48. The lowest BCUT2D eigenvalue weighted by Gasteiger charge is -2.36. The third-order valence-electron chi connectivity index (χ3n) is 7.46. The molecular weight excluding hydrogens is 544 g/mol. The van der Waals surface area contributed by atoms with Crippen molar-refractivity contribution in [3.8, 4) is 0 Å². The van der Waals surface area contributed by atoms with Crippen molar-refractivity contribution in [2.75, 3.05) is 0 Å². The maximum atomic E-state index is 14.5. The number of hydrogen-bond acceptors (Lipinski definition) is 4. The Morgan fingerprint density at radius 2 is 1.62 bits per heavy atom. The number of amides is 1. The number of nitrogens with zero attached hydrogens (tertiary/aromatic N) is 1. The number of hydrogen-bond donors (Lipinski definition) is 1. The molecule has 3 rings (SSSR count). The number of aryl methyl sites for hydroxylation is 1. The number of benzene rings is 2. The largest absolute Gasteiger partial charge is 0.369 e. The van der Waals surface area contributed by atoms with Crippen molar-refractivity contribution in [1.29, 1.82) is 0 Å². The van der Waals surface area contributed by atoms with Gasteiger partial charge >= 0.3 is 0 Å². The number of carbonyl (C=O) groups excluding carboxylic acids is 2. The highest BCUT2D eigenvalue weighted by atomic mass is 35.5. The monoisotopic (exact) mass is 586 g/mol. The van der Waals surface area contributed by atoms with Crippen LogP contribution >= 0.6 is 11.6 Å². The second-order valence-electron chi connectivity index (χ2n) is 12.8. The Labute approximate surface area is 245 Å². The molecule has 40 heavy (non-hydrogen) atoms. The van der Waals surface area contributed by atoms with Crippen molar-refractivity contribution in [2.45, 2.75) is 84.7 Å². The molecular formula is C32H43ClN2O4S. The minimum atomic E-state index is -4.05. The molecule has 1 aliphatic heterocycles. The van der Waals surface area contributed by atoms with Crippen LogP contribution in [0.2, 0.25) is 5.02 Å². The van der Waals surface area contributed by atoms with Crippen LogP contribution in [0.25, 0.3) is 0 Å². The summed E-state index contributed by atoms with van der Waals surface area (Å²) in [5.41, 5.74) is 7.28. The zero-order valence-electron chi connectivity index (χ0n) is 24.6. The topological polar surface area (TPSA) is 97.5 Å². The van der Waals surface area contributed by atoms with E-state index in [2.05, 4.69) is 20.8 Å². The van der Waals surface area contributed by atoms with Gasteiger partial charge in [-0.05, 0) is 66.3 Å². The van der Waals surface area contributed by atoms with Crippen LogP contribution in [-0.2, 0) is 19.6 Å². The number of rotatable bonds is 11. The van der Waals surface area contributed by atoms with Gasteiger partial charge in [0.05, 0.1) is 10.9 Å². The highest BCUT2D eigenvalue weighted by Gasteiger charge is 2.48. The van der Waals surface area contributed by atoms with Gasteiger partial charge in [-0.3, -0.25) is 9.59 Å². The molecule has 8 heteroatoms. The second kappa shape index (κ2) is 12.6. The summed E-state index contributed by atoms with van der Waals surface area (Å²) in [4.78, 5) is 26.5. The summed E-state index contributed by atoms with van der Waals surface area (Å²) in [6, 6.07) is 12.4. The van der Waals surface area contributed by atoms with Gasteiger partial charge in [0.1, 0.15) is 0 Å². The molecule has 0 saturated carbocycles. The Kier molecular flexibility index (Phi) is 10.1. The lowest BCUT2D eigenvalue weighted by molar-refractivity contribution is -0.126. The van der Waals surface area contributed by atoms with Gasteiger partial charge in [0.2, 0.25) is 15.9 Å². The van der Waals surface area contributed by atoms with Crippen molar-refractivity contribution in [2.24, 2.45) is 28.9 Å². The summed E-state index contributed by atoms with van der Waals surface area (Å²) in [6.07, 6.45) is 2.97. The van der Waals surface area contributed by atoms with Gasteiger partial charge in [-0.25, -0.2) is 8.42 Å². The number of carbonyl (C=O) groups is 2. The van der Waals surface area contributed by atoms with E-state index in [0.29, 0.717) is 28.1 Å². The summed E-state index contributed by atoms with van der Waals surface area (Å²) in [7, 11) is -4.05. The van der Waals surface area contributed by atoms with Crippen molar-refractivity contribution >= 4 is 33.3 Å². The van der Waals surface area contributed by atoms with E-state index in [1.54, 1.807) is 55.5 Å². The third-order valence-corrected chi connectivity index (χ3v) is 9.73. The predicted molar refractivity (Wildman–Crippen MR) is 161 cm³/mol. The van der Waals surface area contributed by atoms with Gasteiger partial charge in [0.25, 0.3) is 0 Å². The number of halogens is 1. The number of Topliss-reactive ketones (excluding diaryl/α,β-unsaturated/α-hetero) is 1. The van der Waals surface area contributed by atoms with Crippen molar-refractivity contribution in [3.05, 3.63) is 76.3 Å². The molecule has 4 atom stereocenters. The molecule has 0 aromatic heterocycles. The zero-order valence-corrected chi connectivity index (χ0v) is 26.2. The number of sulfonamides is 1. The van der Waals surface area contributed by atoms with Crippen LogP contribution < -0.4 is 5.73 Å². The van der Waals surface area contributed by atoms with Gasteiger partial charge in [-0.1, -0.05) is 89.6 Å². The minimum Gasteiger partial charge on any atom is -0.369 e. The normalized spacial score (nSPS) is 19.9. The highest BCUT2D eigenvalue weighted by molar-refractivity contribution is 7.89. The van der Waals surface area contributed by atoms with E-state index in [-0.39, 0.29) is 34.4 Å². The average molecular weight is 587 g/mol. The van der Waals surface area contributed by atoms with Crippen LogP contribution in [0, 0.1) is 30.1 Å². The van der Waals surface area contributed by atoms with E-state index in [1.165, 1.54) is 4.31 Å². The SMILES string of the molecule is Cc1ccccc1S(=O)(=O)N1[C@@H](c2ccc(Cl)cc2)C(C(=O)C[C@@H](CC(C)C)C(N)=O)=C[C@H]1C(C)CC(C)(C)C. The molecule has 0 fully saturated rings. The number of nitrogens with two attached hydrogens (primary N) is 1. The zero-order chi connectivity index (χ0) is 30.0. The fourth-order valence-electron chi connectivity index (χ4n) is 5.85. The first kappa shape index (κ1) is 32.0. The first-order chi connectivity index (χ1) is 18.5. The molecule has 1 unspecified atom stereocenters. The van der Waals surface area contributed by atoms with E-state index in [0.717, 1.165) is 6.42 Å². The fourth-order valence-corrected chi connectivity index (χ4v) is 8.03. The first-order valence-corrected chi connectivity index (χ1v) is 15.7. The van der Waals surface area contributed by atoms with Gasteiger partial charge in [-0.15, -0.1) is 0 Å². The second-order valence-corrected chi connectivity index (χ2v) is 15.0. The van der Waals surface area contributed by atoms with E-state index in [4.69, 9.17) is 17.3 Å². The van der Waals surface area contributed by atoms with E-state index >= 15 is 0 Å². The molecule has 0 bridgehead atoms. The standard InChI is InChI=1S/C32H43ClN2O4S/c1-20(2)16-24(31(34)37)17-28(36)26-18-27(22(4)19-32(5,6)7)35(30(26)23-12-14-25(33)15-13-23)40(38,39)29-11-9-8-10-21(29)3/h8-15,18,20,22,24,27,30H,16-17,19H2,1-7H3,(H2,34,37)/t22?,24-,27+,30+/m1/s1. The Morgan fingerprint density at radius 1 is 1.02 bits per heavy atom. The molecule has 6 nitrogen and oxygen atoms in total. The summed E-state index contributed by atoms with van der Waals surface area (Å²) in [5.74, 6) is -1.34. The molecule has 0 spiro atoms. The minimum absolute atomic E-state index is 0.0673. The predicted octanol–water partition coefficient (Wildman–Crippen LogP) is 6.87.